The topological polar surface area (TPSA) is 64.0 Å². The molecule has 0 aliphatic rings. The van der Waals surface area contributed by atoms with Crippen molar-refractivity contribution in [2.75, 3.05) is 4.72 Å². The fourth-order valence-corrected chi connectivity index (χ4v) is 3.79. The number of hydrogen-bond donors (Lipinski definition) is 1. The van der Waals surface area contributed by atoms with E-state index < -0.39 is 15.8 Å². The second-order valence-electron chi connectivity index (χ2n) is 5.75. The minimum Gasteiger partial charge on any atom is -0.276 e. The van der Waals surface area contributed by atoms with Crippen LogP contribution < -0.4 is 4.72 Å². The number of anilines is 1. The Bertz CT molecular complexity index is 998. The second kappa shape index (κ2) is 6.68. The molecule has 130 valence electrons. The summed E-state index contributed by atoms with van der Waals surface area (Å²) < 4.78 is 42.6. The molecule has 0 saturated carbocycles. The molecule has 2 aromatic carbocycles. The van der Waals surface area contributed by atoms with Gasteiger partial charge < -0.3 is 0 Å². The zero-order valence-corrected chi connectivity index (χ0v) is 14.7. The summed E-state index contributed by atoms with van der Waals surface area (Å²) in [6.45, 7) is 4.07. The van der Waals surface area contributed by atoms with Gasteiger partial charge in [0.1, 0.15) is 5.82 Å². The molecule has 3 rings (SSSR count). The zero-order valence-electron chi connectivity index (χ0n) is 13.9. The lowest BCUT2D eigenvalue weighted by Crippen LogP contribution is -2.14. The maximum absolute atomic E-state index is 13.3. The van der Waals surface area contributed by atoms with Gasteiger partial charge in [0.05, 0.1) is 28.5 Å². The van der Waals surface area contributed by atoms with E-state index in [9.17, 15) is 12.8 Å². The van der Waals surface area contributed by atoms with Crippen molar-refractivity contribution in [3.05, 3.63) is 77.4 Å². The summed E-state index contributed by atoms with van der Waals surface area (Å²) in [6, 6.07) is 14.7. The Balaban J connectivity index is 1.91. The number of aryl methyl sites for hydroxylation is 1. The van der Waals surface area contributed by atoms with Crippen molar-refractivity contribution in [3.63, 3.8) is 0 Å². The molecule has 0 bridgehead atoms. The number of benzene rings is 2. The monoisotopic (exact) mass is 359 g/mol. The van der Waals surface area contributed by atoms with Crippen molar-refractivity contribution in [2.24, 2.45) is 0 Å². The molecule has 0 radical (unpaired) electrons. The minimum atomic E-state index is -3.88. The number of hydrogen-bond acceptors (Lipinski definition) is 3. The first-order valence-corrected chi connectivity index (χ1v) is 9.21. The van der Waals surface area contributed by atoms with Crippen molar-refractivity contribution in [2.45, 2.75) is 25.3 Å². The van der Waals surface area contributed by atoms with Crippen LogP contribution in [0.4, 0.5) is 10.1 Å². The Morgan fingerprint density at radius 3 is 2.48 bits per heavy atom. The second-order valence-corrected chi connectivity index (χ2v) is 7.43. The third kappa shape index (κ3) is 3.71. The minimum absolute atomic E-state index is 0.123. The van der Waals surface area contributed by atoms with E-state index in [2.05, 4.69) is 9.82 Å². The number of aromatic nitrogens is 2. The number of nitrogens with one attached hydrogen (secondary N) is 1. The third-order valence-electron chi connectivity index (χ3n) is 3.90. The fraction of sp³-hybridized carbons (Fsp3) is 0.167. The molecule has 0 fully saturated rings. The molecule has 1 heterocycles. The number of nitrogens with zero attached hydrogens (tertiary/aromatic N) is 2. The lowest BCUT2D eigenvalue weighted by molar-refractivity contribution is 0.595. The average molecular weight is 359 g/mol. The quantitative estimate of drug-likeness (QED) is 0.758. The summed E-state index contributed by atoms with van der Waals surface area (Å²) in [6.07, 6.45) is 0. The number of sulfonamides is 1. The maximum atomic E-state index is 13.3. The molecule has 1 aromatic heterocycles. The van der Waals surface area contributed by atoms with Gasteiger partial charge in [0, 0.05) is 0 Å². The van der Waals surface area contributed by atoms with E-state index in [1.54, 1.807) is 18.5 Å². The Morgan fingerprint density at radius 2 is 1.80 bits per heavy atom. The molecule has 3 aromatic rings. The van der Waals surface area contributed by atoms with Crippen LogP contribution in [0.2, 0.25) is 0 Å². The number of rotatable bonds is 5. The molecule has 0 aliphatic heterocycles. The highest BCUT2D eigenvalue weighted by Crippen LogP contribution is 2.24. The number of halogens is 1. The Hall–Kier alpha value is -2.67. The highest BCUT2D eigenvalue weighted by molar-refractivity contribution is 7.92. The molecule has 0 spiro atoms. The first kappa shape index (κ1) is 17.2. The zero-order chi connectivity index (χ0) is 18.0. The van der Waals surface area contributed by atoms with Crippen LogP contribution in [0.25, 0.3) is 0 Å². The highest BCUT2D eigenvalue weighted by Gasteiger charge is 2.20. The van der Waals surface area contributed by atoms with Gasteiger partial charge in [-0.2, -0.15) is 5.10 Å². The van der Waals surface area contributed by atoms with Crippen LogP contribution in [0, 0.1) is 19.7 Å². The van der Waals surface area contributed by atoms with Crippen LogP contribution in [-0.4, -0.2) is 18.2 Å². The molecule has 0 unspecified atom stereocenters. The molecule has 0 atom stereocenters. The normalized spacial score (nSPS) is 11.5. The molecule has 5 nitrogen and oxygen atoms in total. The predicted octanol–water partition coefficient (Wildman–Crippen LogP) is 3.49. The van der Waals surface area contributed by atoms with Gasteiger partial charge >= 0.3 is 0 Å². The van der Waals surface area contributed by atoms with E-state index in [0.29, 0.717) is 23.6 Å². The molecule has 0 saturated heterocycles. The van der Waals surface area contributed by atoms with Gasteiger partial charge in [-0.25, -0.2) is 12.8 Å². The summed E-state index contributed by atoms with van der Waals surface area (Å²) in [4.78, 5) is -0.123. The summed E-state index contributed by atoms with van der Waals surface area (Å²) >= 11 is 0. The lowest BCUT2D eigenvalue weighted by Gasteiger charge is -2.09. The first-order chi connectivity index (χ1) is 11.9. The Kier molecular flexibility index (Phi) is 4.59. The van der Waals surface area contributed by atoms with Crippen molar-refractivity contribution in [3.8, 4) is 0 Å². The van der Waals surface area contributed by atoms with E-state index in [-0.39, 0.29) is 4.90 Å². The van der Waals surface area contributed by atoms with E-state index in [0.717, 1.165) is 11.6 Å². The van der Waals surface area contributed by atoms with Gasteiger partial charge in [-0.15, -0.1) is 0 Å². The Labute approximate surface area is 146 Å². The Morgan fingerprint density at radius 1 is 1.08 bits per heavy atom. The van der Waals surface area contributed by atoms with Crippen LogP contribution in [0.1, 0.15) is 17.0 Å². The van der Waals surface area contributed by atoms with E-state index in [1.165, 1.54) is 18.2 Å². The molecule has 25 heavy (non-hydrogen) atoms. The van der Waals surface area contributed by atoms with Gasteiger partial charge in [-0.1, -0.05) is 36.4 Å². The van der Waals surface area contributed by atoms with Gasteiger partial charge in [0.25, 0.3) is 10.0 Å². The summed E-state index contributed by atoms with van der Waals surface area (Å²) in [5.41, 5.74) is 2.74. The molecule has 0 aliphatic carbocycles. The van der Waals surface area contributed by atoms with Crippen molar-refractivity contribution in [1.82, 2.24) is 9.78 Å². The first-order valence-electron chi connectivity index (χ1n) is 7.73. The molecule has 0 amide bonds. The highest BCUT2D eigenvalue weighted by atomic mass is 32.2. The predicted molar refractivity (Wildman–Crippen MR) is 94.5 cm³/mol. The van der Waals surface area contributed by atoms with Crippen LogP contribution in [0.5, 0.6) is 0 Å². The molecular weight excluding hydrogens is 341 g/mol. The van der Waals surface area contributed by atoms with E-state index in [4.69, 9.17) is 0 Å². The molecule has 7 heteroatoms. The summed E-state index contributed by atoms with van der Waals surface area (Å²) in [5.74, 6) is -0.601. The van der Waals surface area contributed by atoms with Gasteiger partial charge in [0.2, 0.25) is 0 Å². The average Bonchev–Trinajstić information content (AvgIpc) is 2.83. The standard InChI is InChI=1S/C18H18FN3O2S/c1-13-18(21-25(23,24)17-10-6-9-16(19)11-17)14(2)22(20-13)12-15-7-4-3-5-8-15/h3-11,21H,12H2,1-2H3. The van der Waals surface area contributed by atoms with Crippen LogP contribution in [-0.2, 0) is 16.6 Å². The largest absolute Gasteiger partial charge is 0.276 e. The van der Waals surface area contributed by atoms with Gasteiger partial charge in [-0.05, 0) is 37.6 Å². The maximum Gasteiger partial charge on any atom is 0.262 e. The van der Waals surface area contributed by atoms with Gasteiger partial charge in [-0.3, -0.25) is 9.40 Å². The smallest absolute Gasteiger partial charge is 0.262 e. The molecular formula is C18H18FN3O2S. The summed E-state index contributed by atoms with van der Waals surface area (Å²) in [5, 5.41) is 4.42. The third-order valence-corrected chi connectivity index (χ3v) is 5.25. The van der Waals surface area contributed by atoms with Crippen molar-refractivity contribution < 1.29 is 12.8 Å². The van der Waals surface area contributed by atoms with Gasteiger partial charge in [0.15, 0.2) is 0 Å². The van der Waals surface area contributed by atoms with E-state index >= 15 is 0 Å². The van der Waals surface area contributed by atoms with Crippen LogP contribution in [0.15, 0.2) is 59.5 Å². The van der Waals surface area contributed by atoms with Crippen LogP contribution in [0.3, 0.4) is 0 Å². The molecule has 1 N–H and O–H groups in total. The van der Waals surface area contributed by atoms with Crippen LogP contribution >= 0.6 is 0 Å². The van der Waals surface area contributed by atoms with Crippen molar-refractivity contribution >= 4 is 15.7 Å². The lowest BCUT2D eigenvalue weighted by atomic mass is 10.2. The fourth-order valence-electron chi connectivity index (χ4n) is 2.58. The van der Waals surface area contributed by atoms with E-state index in [1.807, 2.05) is 30.3 Å². The van der Waals surface area contributed by atoms with Crippen molar-refractivity contribution in [1.29, 1.82) is 0 Å². The summed E-state index contributed by atoms with van der Waals surface area (Å²) in [7, 11) is -3.88. The SMILES string of the molecule is Cc1nn(Cc2ccccc2)c(C)c1NS(=O)(=O)c1cccc(F)c1.